The van der Waals surface area contributed by atoms with Crippen molar-refractivity contribution in [2.24, 2.45) is 5.92 Å². The van der Waals surface area contributed by atoms with E-state index < -0.39 is 5.97 Å². The number of ether oxygens (including phenoxy) is 1. The van der Waals surface area contributed by atoms with Crippen LogP contribution in [0.25, 0.3) is 0 Å². The van der Waals surface area contributed by atoms with Gasteiger partial charge in [-0.05, 0) is 43.4 Å². The Hall–Kier alpha value is -1.84. The van der Waals surface area contributed by atoms with Crippen LogP contribution in [-0.2, 0) is 9.53 Å². The van der Waals surface area contributed by atoms with E-state index in [1.54, 1.807) is 12.1 Å². The number of aryl methyl sites for hydroxylation is 1. The fourth-order valence-electron chi connectivity index (χ4n) is 2.86. The number of carbonyl (C=O) groups excluding carboxylic acids is 2. The van der Waals surface area contributed by atoms with Crippen molar-refractivity contribution in [3.63, 3.8) is 0 Å². The van der Waals surface area contributed by atoms with E-state index >= 15 is 0 Å². The minimum atomic E-state index is -0.391. The summed E-state index contributed by atoms with van der Waals surface area (Å²) >= 11 is 0. The molecule has 4 heteroatoms. The second kappa shape index (κ2) is 7.25. The summed E-state index contributed by atoms with van der Waals surface area (Å²) < 4.78 is 4.71. The first-order chi connectivity index (χ1) is 10.1. The highest BCUT2D eigenvalue weighted by molar-refractivity contribution is 5.95. The van der Waals surface area contributed by atoms with Gasteiger partial charge in [0.1, 0.15) is 0 Å². The maximum absolute atomic E-state index is 12.2. The lowest BCUT2D eigenvalue weighted by Gasteiger charge is -2.21. The molecule has 1 aromatic rings. The maximum atomic E-state index is 12.2. The third-order valence-electron chi connectivity index (χ3n) is 4.13. The van der Waals surface area contributed by atoms with Gasteiger partial charge in [0.25, 0.3) is 0 Å². The fraction of sp³-hybridized carbons (Fsp3) is 0.529. The number of amides is 1. The summed E-state index contributed by atoms with van der Waals surface area (Å²) in [6.45, 7) is 1.91. The molecule has 4 nitrogen and oxygen atoms in total. The number of nitrogens with one attached hydrogen (secondary N) is 1. The quantitative estimate of drug-likeness (QED) is 0.860. The molecule has 0 aliphatic heterocycles. The van der Waals surface area contributed by atoms with E-state index in [9.17, 15) is 9.59 Å². The van der Waals surface area contributed by atoms with E-state index in [4.69, 9.17) is 4.74 Å². The molecule has 0 atom stereocenters. The summed E-state index contributed by atoms with van der Waals surface area (Å²) in [6.07, 6.45) is 6.62. The molecule has 1 aliphatic rings. The van der Waals surface area contributed by atoms with E-state index in [1.807, 2.05) is 13.0 Å². The molecule has 1 aromatic carbocycles. The van der Waals surface area contributed by atoms with Crippen LogP contribution in [0.15, 0.2) is 18.2 Å². The Morgan fingerprint density at radius 1 is 1.24 bits per heavy atom. The van der Waals surface area contributed by atoms with Crippen LogP contribution in [0.2, 0.25) is 0 Å². The molecule has 0 radical (unpaired) electrons. The Kier molecular flexibility index (Phi) is 5.37. The lowest BCUT2D eigenvalue weighted by atomic mass is 9.87. The van der Waals surface area contributed by atoms with Crippen LogP contribution in [0.5, 0.6) is 0 Å². The second-order valence-corrected chi connectivity index (χ2v) is 5.78. The number of esters is 1. The number of hydrogen-bond donors (Lipinski definition) is 1. The van der Waals surface area contributed by atoms with Gasteiger partial charge in [-0.2, -0.15) is 0 Å². The Morgan fingerprint density at radius 3 is 2.62 bits per heavy atom. The molecule has 2 rings (SSSR count). The summed E-state index contributed by atoms with van der Waals surface area (Å²) in [4.78, 5) is 23.7. The van der Waals surface area contributed by atoms with Gasteiger partial charge in [0.15, 0.2) is 0 Å². The van der Waals surface area contributed by atoms with Crippen LogP contribution in [0, 0.1) is 12.8 Å². The average molecular weight is 289 g/mol. The minimum absolute atomic E-state index is 0.0343. The normalized spacial score (nSPS) is 15.5. The van der Waals surface area contributed by atoms with Gasteiger partial charge in [-0.1, -0.05) is 25.3 Å². The van der Waals surface area contributed by atoms with Gasteiger partial charge in [-0.15, -0.1) is 0 Å². The zero-order chi connectivity index (χ0) is 15.2. The standard InChI is InChI=1S/C17H23NO3/c1-12-8-9-14(17(20)21-2)11-15(12)18-16(19)10-13-6-4-3-5-7-13/h8-9,11,13H,3-7,10H2,1-2H3,(H,18,19). The number of carbonyl (C=O) groups is 2. The first-order valence-corrected chi connectivity index (χ1v) is 7.59. The molecule has 1 aliphatic carbocycles. The van der Waals surface area contributed by atoms with E-state index in [-0.39, 0.29) is 5.91 Å². The number of methoxy groups -OCH3 is 1. The lowest BCUT2D eigenvalue weighted by Crippen LogP contribution is -2.19. The molecule has 1 saturated carbocycles. The zero-order valence-electron chi connectivity index (χ0n) is 12.8. The van der Waals surface area contributed by atoms with Crippen LogP contribution in [0.4, 0.5) is 5.69 Å². The largest absolute Gasteiger partial charge is 0.465 e. The summed E-state index contributed by atoms with van der Waals surface area (Å²) in [5.41, 5.74) is 2.09. The Labute approximate surface area is 125 Å². The highest BCUT2D eigenvalue weighted by Crippen LogP contribution is 2.27. The molecule has 0 unspecified atom stereocenters. The third-order valence-corrected chi connectivity index (χ3v) is 4.13. The summed E-state index contributed by atoms with van der Waals surface area (Å²) in [7, 11) is 1.35. The predicted octanol–water partition coefficient (Wildman–Crippen LogP) is 3.69. The average Bonchev–Trinajstić information content (AvgIpc) is 2.49. The van der Waals surface area contributed by atoms with Crippen molar-refractivity contribution < 1.29 is 14.3 Å². The molecule has 1 N–H and O–H groups in total. The van der Waals surface area contributed by atoms with E-state index in [0.29, 0.717) is 23.6 Å². The van der Waals surface area contributed by atoms with Gasteiger partial charge in [-0.3, -0.25) is 4.79 Å². The van der Waals surface area contributed by atoms with Crippen LogP contribution in [0.1, 0.15) is 54.4 Å². The van der Waals surface area contributed by atoms with E-state index in [0.717, 1.165) is 18.4 Å². The predicted molar refractivity (Wildman–Crippen MR) is 82.3 cm³/mol. The van der Waals surface area contributed by atoms with Gasteiger partial charge in [0.05, 0.1) is 12.7 Å². The van der Waals surface area contributed by atoms with Crippen molar-refractivity contribution >= 4 is 17.6 Å². The van der Waals surface area contributed by atoms with Crippen LogP contribution < -0.4 is 5.32 Å². The van der Waals surface area contributed by atoms with E-state index in [1.165, 1.54) is 26.4 Å². The molecular formula is C17H23NO3. The van der Waals surface area contributed by atoms with Crippen molar-refractivity contribution in [3.8, 4) is 0 Å². The second-order valence-electron chi connectivity index (χ2n) is 5.78. The number of rotatable bonds is 4. The summed E-state index contributed by atoms with van der Waals surface area (Å²) in [5, 5.41) is 2.93. The number of benzene rings is 1. The minimum Gasteiger partial charge on any atom is -0.465 e. The zero-order valence-corrected chi connectivity index (χ0v) is 12.8. The first kappa shape index (κ1) is 15.5. The molecule has 21 heavy (non-hydrogen) atoms. The van der Waals surface area contributed by atoms with Gasteiger partial charge in [-0.25, -0.2) is 4.79 Å². The van der Waals surface area contributed by atoms with Gasteiger partial charge in [0, 0.05) is 12.1 Å². The molecule has 114 valence electrons. The summed E-state index contributed by atoms with van der Waals surface area (Å²) in [5.74, 6) is 0.146. The molecule has 1 amide bonds. The van der Waals surface area contributed by atoms with Crippen LogP contribution in [-0.4, -0.2) is 19.0 Å². The highest BCUT2D eigenvalue weighted by Gasteiger charge is 2.18. The van der Waals surface area contributed by atoms with Crippen molar-refractivity contribution in [2.45, 2.75) is 45.4 Å². The van der Waals surface area contributed by atoms with E-state index in [2.05, 4.69) is 5.32 Å². The Balaban J connectivity index is 2.00. The van der Waals surface area contributed by atoms with Gasteiger partial charge in [0.2, 0.25) is 5.91 Å². The Morgan fingerprint density at radius 2 is 1.95 bits per heavy atom. The maximum Gasteiger partial charge on any atom is 0.337 e. The van der Waals surface area contributed by atoms with Crippen LogP contribution in [0.3, 0.4) is 0 Å². The molecule has 0 heterocycles. The van der Waals surface area contributed by atoms with Crippen molar-refractivity contribution in [1.82, 2.24) is 0 Å². The van der Waals surface area contributed by atoms with Gasteiger partial charge < -0.3 is 10.1 Å². The van der Waals surface area contributed by atoms with Gasteiger partial charge >= 0.3 is 5.97 Å². The monoisotopic (exact) mass is 289 g/mol. The highest BCUT2D eigenvalue weighted by atomic mass is 16.5. The Bertz CT molecular complexity index is 519. The lowest BCUT2D eigenvalue weighted by molar-refractivity contribution is -0.117. The van der Waals surface area contributed by atoms with Crippen molar-refractivity contribution in [1.29, 1.82) is 0 Å². The number of anilines is 1. The molecule has 0 saturated heterocycles. The third kappa shape index (κ3) is 4.31. The molecule has 0 bridgehead atoms. The topological polar surface area (TPSA) is 55.4 Å². The SMILES string of the molecule is COC(=O)c1ccc(C)c(NC(=O)CC2CCCCC2)c1. The van der Waals surface area contributed by atoms with Crippen molar-refractivity contribution in [3.05, 3.63) is 29.3 Å². The van der Waals surface area contributed by atoms with Crippen LogP contribution >= 0.6 is 0 Å². The first-order valence-electron chi connectivity index (χ1n) is 7.59. The molecule has 0 aromatic heterocycles. The van der Waals surface area contributed by atoms with Crippen molar-refractivity contribution in [2.75, 3.05) is 12.4 Å². The smallest absolute Gasteiger partial charge is 0.337 e. The molecule has 1 fully saturated rings. The summed E-state index contributed by atoms with van der Waals surface area (Å²) in [6, 6.07) is 5.21. The number of hydrogen-bond acceptors (Lipinski definition) is 3. The molecule has 0 spiro atoms. The fourth-order valence-corrected chi connectivity index (χ4v) is 2.86. The molecular weight excluding hydrogens is 266 g/mol.